The van der Waals surface area contributed by atoms with E-state index in [1.807, 2.05) is 32.2 Å². The highest BCUT2D eigenvalue weighted by atomic mass is 35.5. The van der Waals surface area contributed by atoms with Gasteiger partial charge in [0.25, 0.3) is 0 Å². The standard InChI is InChI=1S/C16H16ClN3O2/c1-4-9-7-11(13-12(9)21-16(2,3)22-13)20-6-5-10-14(17)18-8-19-15(10)20/h4-6,8,11,13H,1,7H2,2-3H3/t11-,13+/m1/s1. The molecule has 2 aromatic heterocycles. The molecule has 0 N–H and O–H groups in total. The fourth-order valence-electron chi connectivity index (χ4n) is 3.28. The van der Waals surface area contributed by atoms with Crippen molar-refractivity contribution >= 4 is 22.6 Å². The molecular formula is C16H16ClN3O2. The Bertz CT molecular complexity index is 809. The van der Waals surface area contributed by atoms with Gasteiger partial charge >= 0.3 is 0 Å². The number of aromatic nitrogens is 3. The van der Waals surface area contributed by atoms with E-state index in [1.54, 1.807) is 0 Å². The van der Waals surface area contributed by atoms with Crippen molar-refractivity contribution in [3.05, 3.63) is 47.7 Å². The summed E-state index contributed by atoms with van der Waals surface area (Å²) in [4.78, 5) is 8.40. The van der Waals surface area contributed by atoms with Crippen molar-refractivity contribution in [3.8, 4) is 0 Å². The smallest absolute Gasteiger partial charge is 0.205 e. The number of halogens is 1. The Morgan fingerprint density at radius 1 is 1.45 bits per heavy atom. The Morgan fingerprint density at radius 2 is 2.27 bits per heavy atom. The molecule has 1 saturated heterocycles. The summed E-state index contributed by atoms with van der Waals surface area (Å²) in [5.74, 6) is 0.259. The van der Waals surface area contributed by atoms with Crippen molar-refractivity contribution in [1.29, 1.82) is 0 Å². The van der Waals surface area contributed by atoms with Crippen LogP contribution < -0.4 is 0 Å². The van der Waals surface area contributed by atoms with Gasteiger partial charge in [0.1, 0.15) is 29.0 Å². The first kappa shape index (κ1) is 13.8. The molecule has 2 atom stereocenters. The molecule has 2 aliphatic rings. The van der Waals surface area contributed by atoms with E-state index in [9.17, 15) is 0 Å². The minimum absolute atomic E-state index is 0.0771. The lowest BCUT2D eigenvalue weighted by molar-refractivity contribution is -0.140. The first-order chi connectivity index (χ1) is 10.5. The van der Waals surface area contributed by atoms with Gasteiger partial charge in [-0.3, -0.25) is 0 Å². The summed E-state index contributed by atoms with van der Waals surface area (Å²) in [6, 6.07) is 2.01. The third-order valence-electron chi connectivity index (χ3n) is 4.18. The van der Waals surface area contributed by atoms with Crippen molar-refractivity contribution in [3.63, 3.8) is 0 Å². The van der Waals surface area contributed by atoms with E-state index in [0.29, 0.717) is 5.15 Å². The van der Waals surface area contributed by atoms with Crippen molar-refractivity contribution < 1.29 is 9.47 Å². The van der Waals surface area contributed by atoms with Crippen molar-refractivity contribution in [1.82, 2.24) is 14.5 Å². The molecule has 1 fully saturated rings. The highest BCUT2D eigenvalue weighted by Crippen LogP contribution is 2.47. The van der Waals surface area contributed by atoms with Gasteiger partial charge in [-0.1, -0.05) is 24.3 Å². The molecule has 114 valence electrons. The minimum atomic E-state index is -0.623. The Hall–Kier alpha value is -1.85. The molecule has 4 rings (SSSR count). The van der Waals surface area contributed by atoms with Crippen LogP contribution in [0.4, 0.5) is 0 Å². The van der Waals surface area contributed by atoms with Crippen LogP contribution in [0.5, 0.6) is 0 Å². The monoisotopic (exact) mass is 317 g/mol. The highest BCUT2D eigenvalue weighted by molar-refractivity contribution is 6.33. The number of nitrogens with zero attached hydrogens (tertiary/aromatic N) is 3. The quantitative estimate of drug-likeness (QED) is 0.794. The first-order valence-electron chi connectivity index (χ1n) is 7.19. The molecule has 1 aliphatic heterocycles. The van der Waals surface area contributed by atoms with E-state index in [0.717, 1.165) is 28.8 Å². The van der Waals surface area contributed by atoms with Crippen LogP contribution in [0.1, 0.15) is 26.3 Å². The molecule has 6 heteroatoms. The van der Waals surface area contributed by atoms with Gasteiger partial charge in [-0.15, -0.1) is 0 Å². The normalized spacial score (nSPS) is 26.3. The summed E-state index contributed by atoms with van der Waals surface area (Å²) in [5.41, 5.74) is 1.89. The molecule has 22 heavy (non-hydrogen) atoms. The molecule has 0 bridgehead atoms. The van der Waals surface area contributed by atoms with Crippen LogP contribution in [-0.2, 0) is 9.47 Å². The SMILES string of the molecule is C=CC1=C2OC(C)(C)O[C@H]2[C@H](n2ccc3c(Cl)ncnc32)C1. The van der Waals surface area contributed by atoms with Crippen LogP contribution in [0.3, 0.4) is 0 Å². The summed E-state index contributed by atoms with van der Waals surface area (Å²) >= 11 is 6.14. The van der Waals surface area contributed by atoms with Gasteiger partial charge in [0.05, 0.1) is 11.4 Å². The van der Waals surface area contributed by atoms with Gasteiger partial charge in [-0.2, -0.15) is 0 Å². The number of fused-ring (bicyclic) bond motifs is 2. The molecule has 1 aliphatic carbocycles. The molecule has 0 aromatic carbocycles. The second-order valence-electron chi connectivity index (χ2n) is 6.03. The lowest BCUT2D eigenvalue weighted by Crippen LogP contribution is -2.26. The van der Waals surface area contributed by atoms with Crippen LogP contribution >= 0.6 is 11.6 Å². The number of ether oxygens (including phenoxy) is 2. The van der Waals surface area contributed by atoms with Gasteiger partial charge in [0.2, 0.25) is 5.79 Å². The molecule has 2 aromatic rings. The van der Waals surface area contributed by atoms with E-state index in [1.165, 1.54) is 6.33 Å². The predicted molar refractivity (Wildman–Crippen MR) is 83.5 cm³/mol. The number of hydrogen-bond acceptors (Lipinski definition) is 4. The molecule has 5 nitrogen and oxygen atoms in total. The Morgan fingerprint density at radius 3 is 3.05 bits per heavy atom. The zero-order valence-corrected chi connectivity index (χ0v) is 13.2. The maximum Gasteiger partial charge on any atom is 0.205 e. The third kappa shape index (κ3) is 1.89. The number of hydrogen-bond donors (Lipinski definition) is 0. The van der Waals surface area contributed by atoms with Gasteiger partial charge in [0, 0.05) is 20.0 Å². The van der Waals surface area contributed by atoms with Crippen molar-refractivity contribution in [2.24, 2.45) is 0 Å². The second kappa shape index (κ2) is 4.57. The molecule has 0 unspecified atom stereocenters. The number of rotatable bonds is 2. The average Bonchev–Trinajstić information content (AvgIpc) is 3.10. The minimum Gasteiger partial charge on any atom is -0.464 e. The zero-order valence-electron chi connectivity index (χ0n) is 12.4. The summed E-state index contributed by atoms with van der Waals surface area (Å²) in [6.45, 7) is 7.73. The zero-order chi connectivity index (χ0) is 15.5. The fourth-order valence-corrected chi connectivity index (χ4v) is 3.47. The van der Waals surface area contributed by atoms with Crippen molar-refractivity contribution in [2.75, 3.05) is 0 Å². The topological polar surface area (TPSA) is 49.2 Å². The van der Waals surface area contributed by atoms with Crippen LogP contribution in [0.15, 0.2) is 42.6 Å². The van der Waals surface area contributed by atoms with Gasteiger partial charge in [0.15, 0.2) is 0 Å². The molecule has 0 spiro atoms. The van der Waals surface area contributed by atoms with Crippen LogP contribution in [0, 0.1) is 0 Å². The fraction of sp³-hybridized carbons (Fsp3) is 0.375. The molecule has 0 amide bonds. The second-order valence-corrected chi connectivity index (χ2v) is 6.39. The lowest BCUT2D eigenvalue weighted by Gasteiger charge is -2.22. The van der Waals surface area contributed by atoms with Crippen molar-refractivity contribution in [2.45, 2.75) is 38.2 Å². The van der Waals surface area contributed by atoms with E-state index in [4.69, 9.17) is 21.1 Å². The van der Waals surface area contributed by atoms with E-state index >= 15 is 0 Å². The summed E-state index contributed by atoms with van der Waals surface area (Å²) < 4.78 is 14.1. The van der Waals surface area contributed by atoms with Gasteiger partial charge in [-0.25, -0.2) is 9.97 Å². The van der Waals surface area contributed by atoms with Crippen LogP contribution in [-0.4, -0.2) is 26.4 Å². The molecular weight excluding hydrogens is 302 g/mol. The summed E-state index contributed by atoms with van der Waals surface area (Å²) in [5, 5.41) is 1.30. The Labute approximate surface area is 133 Å². The van der Waals surface area contributed by atoms with E-state index in [-0.39, 0.29) is 12.1 Å². The number of allylic oxidation sites excluding steroid dienone is 2. The molecule has 0 saturated carbocycles. The third-order valence-corrected chi connectivity index (χ3v) is 4.49. The molecule has 0 radical (unpaired) electrons. The summed E-state index contributed by atoms with van der Waals surface area (Å²) in [6.07, 6.45) is 5.97. The predicted octanol–water partition coefficient (Wildman–Crippen LogP) is 3.62. The molecule has 3 heterocycles. The van der Waals surface area contributed by atoms with E-state index < -0.39 is 5.79 Å². The first-order valence-corrected chi connectivity index (χ1v) is 7.57. The Balaban J connectivity index is 1.81. The average molecular weight is 318 g/mol. The van der Waals surface area contributed by atoms with E-state index in [2.05, 4.69) is 21.1 Å². The highest BCUT2D eigenvalue weighted by Gasteiger charge is 2.48. The Kier molecular flexibility index (Phi) is 2.86. The van der Waals surface area contributed by atoms with Gasteiger partial charge in [-0.05, 0) is 18.1 Å². The van der Waals surface area contributed by atoms with Crippen LogP contribution in [0.25, 0.3) is 11.0 Å². The van der Waals surface area contributed by atoms with Gasteiger partial charge < -0.3 is 14.0 Å². The largest absolute Gasteiger partial charge is 0.464 e. The lowest BCUT2D eigenvalue weighted by atomic mass is 10.1. The maximum absolute atomic E-state index is 6.14. The van der Waals surface area contributed by atoms with Crippen LogP contribution in [0.2, 0.25) is 5.15 Å². The maximum atomic E-state index is 6.14. The summed E-state index contributed by atoms with van der Waals surface area (Å²) in [7, 11) is 0.